The number of tetrazole rings is 1. The van der Waals surface area contributed by atoms with Crippen molar-refractivity contribution in [2.75, 3.05) is 5.32 Å². The van der Waals surface area contributed by atoms with Crippen molar-refractivity contribution in [3.63, 3.8) is 0 Å². The van der Waals surface area contributed by atoms with E-state index in [1.54, 1.807) is 7.05 Å². The van der Waals surface area contributed by atoms with E-state index in [1.165, 1.54) is 4.80 Å². The predicted molar refractivity (Wildman–Crippen MR) is 116 cm³/mol. The van der Waals surface area contributed by atoms with Gasteiger partial charge in [-0.3, -0.25) is 4.79 Å². The lowest BCUT2D eigenvalue weighted by atomic mass is 9.95. The van der Waals surface area contributed by atoms with Crippen molar-refractivity contribution in [1.82, 2.24) is 24.8 Å². The standard InChI is InChI=1S/C22H21ClN6O/c1-28-26-22(25-27-28)19-6-2-3-7-20(19)24-21(30)14-17(15-29-12-4-5-13-29)16-8-10-18(23)11-9-16/h2-13,17H,14-15H2,1H3,(H,24,30)/t17-/m1/s1. The molecule has 1 N–H and O–H groups in total. The van der Waals surface area contributed by atoms with Gasteiger partial charge in [0.15, 0.2) is 0 Å². The third-order valence-electron chi connectivity index (χ3n) is 4.82. The number of nitrogens with zero attached hydrogens (tertiary/aromatic N) is 5. The summed E-state index contributed by atoms with van der Waals surface area (Å²) >= 11 is 6.05. The van der Waals surface area contributed by atoms with E-state index in [9.17, 15) is 4.79 Å². The fraction of sp³-hybridized carbons (Fsp3) is 0.182. The lowest BCUT2D eigenvalue weighted by molar-refractivity contribution is -0.116. The summed E-state index contributed by atoms with van der Waals surface area (Å²) in [4.78, 5) is 14.4. The Morgan fingerprint density at radius 2 is 1.80 bits per heavy atom. The number of nitrogens with one attached hydrogen (secondary N) is 1. The summed E-state index contributed by atoms with van der Waals surface area (Å²) in [7, 11) is 1.70. The molecule has 0 aliphatic carbocycles. The number of carbonyl (C=O) groups is 1. The van der Waals surface area contributed by atoms with Gasteiger partial charge in [0.25, 0.3) is 0 Å². The number of halogens is 1. The van der Waals surface area contributed by atoms with Crippen LogP contribution in [0.25, 0.3) is 11.4 Å². The maximum atomic E-state index is 13.0. The predicted octanol–water partition coefficient (Wildman–Crippen LogP) is 4.14. The van der Waals surface area contributed by atoms with Gasteiger partial charge in [0.05, 0.1) is 12.7 Å². The molecule has 4 aromatic rings. The van der Waals surface area contributed by atoms with Crippen molar-refractivity contribution >= 4 is 23.2 Å². The topological polar surface area (TPSA) is 77.6 Å². The van der Waals surface area contributed by atoms with Crippen LogP contribution in [0.5, 0.6) is 0 Å². The Morgan fingerprint density at radius 1 is 1.07 bits per heavy atom. The number of amides is 1. The van der Waals surface area contributed by atoms with E-state index in [0.717, 1.165) is 11.1 Å². The Balaban J connectivity index is 1.54. The Labute approximate surface area is 179 Å². The SMILES string of the molecule is Cn1nnc(-c2ccccc2NC(=O)C[C@H](Cn2cccc2)c2ccc(Cl)cc2)n1. The second kappa shape index (κ2) is 8.92. The maximum absolute atomic E-state index is 13.0. The van der Waals surface area contributed by atoms with Gasteiger partial charge in [0.1, 0.15) is 0 Å². The molecule has 0 aliphatic rings. The molecule has 2 aromatic heterocycles. The average Bonchev–Trinajstić information content (AvgIpc) is 3.40. The summed E-state index contributed by atoms with van der Waals surface area (Å²) in [5.41, 5.74) is 2.45. The zero-order valence-electron chi connectivity index (χ0n) is 16.4. The van der Waals surface area contributed by atoms with Crippen LogP contribution in [-0.2, 0) is 18.4 Å². The van der Waals surface area contributed by atoms with E-state index >= 15 is 0 Å². The lowest BCUT2D eigenvalue weighted by Crippen LogP contribution is -2.19. The number of aromatic nitrogens is 5. The summed E-state index contributed by atoms with van der Waals surface area (Å²) < 4.78 is 2.07. The van der Waals surface area contributed by atoms with Crippen molar-refractivity contribution in [1.29, 1.82) is 0 Å². The highest BCUT2D eigenvalue weighted by atomic mass is 35.5. The number of hydrogen-bond donors (Lipinski definition) is 1. The van der Waals surface area contributed by atoms with Gasteiger partial charge in [0.2, 0.25) is 11.7 Å². The molecule has 0 radical (unpaired) electrons. The van der Waals surface area contributed by atoms with Crippen LogP contribution in [0.2, 0.25) is 5.02 Å². The molecular weight excluding hydrogens is 400 g/mol. The molecule has 4 rings (SSSR count). The smallest absolute Gasteiger partial charge is 0.225 e. The van der Waals surface area contributed by atoms with Crippen molar-refractivity contribution in [2.45, 2.75) is 18.9 Å². The number of para-hydroxylation sites is 1. The third kappa shape index (κ3) is 4.75. The molecule has 2 heterocycles. The molecule has 0 saturated heterocycles. The normalized spacial score (nSPS) is 11.9. The summed E-state index contributed by atoms with van der Waals surface area (Å²) in [6.07, 6.45) is 4.31. The van der Waals surface area contributed by atoms with Crippen molar-refractivity contribution < 1.29 is 4.79 Å². The first kappa shape index (κ1) is 19.8. The van der Waals surface area contributed by atoms with E-state index in [1.807, 2.05) is 73.1 Å². The van der Waals surface area contributed by atoms with Crippen LogP contribution >= 0.6 is 11.6 Å². The summed E-state index contributed by atoms with van der Waals surface area (Å²) in [6.45, 7) is 0.690. The van der Waals surface area contributed by atoms with Gasteiger partial charge >= 0.3 is 0 Å². The summed E-state index contributed by atoms with van der Waals surface area (Å²) in [5.74, 6) is 0.380. The van der Waals surface area contributed by atoms with Crippen LogP contribution in [0.4, 0.5) is 5.69 Å². The molecule has 0 unspecified atom stereocenters. The van der Waals surface area contributed by atoms with Crippen LogP contribution in [0, 0.1) is 0 Å². The van der Waals surface area contributed by atoms with E-state index in [-0.39, 0.29) is 11.8 Å². The minimum Gasteiger partial charge on any atom is -0.354 e. The fourth-order valence-corrected chi connectivity index (χ4v) is 3.50. The second-order valence-electron chi connectivity index (χ2n) is 7.03. The largest absolute Gasteiger partial charge is 0.354 e. The summed E-state index contributed by atoms with van der Waals surface area (Å²) in [5, 5.41) is 15.9. The van der Waals surface area contributed by atoms with Gasteiger partial charge in [-0.05, 0) is 47.2 Å². The van der Waals surface area contributed by atoms with E-state index in [2.05, 4.69) is 25.3 Å². The molecule has 0 saturated carbocycles. The second-order valence-corrected chi connectivity index (χ2v) is 7.47. The van der Waals surface area contributed by atoms with Crippen molar-refractivity contribution in [2.24, 2.45) is 7.05 Å². The van der Waals surface area contributed by atoms with Gasteiger partial charge in [-0.1, -0.05) is 35.9 Å². The third-order valence-corrected chi connectivity index (χ3v) is 5.07. The molecule has 0 spiro atoms. The van der Waals surface area contributed by atoms with Crippen LogP contribution < -0.4 is 5.32 Å². The minimum atomic E-state index is -0.0848. The maximum Gasteiger partial charge on any atom is 0.225 e. The molecule has 0 bridgehead atoms. The molecular formula is C22H21ClN6O. The zero-order valence-corrected chi connectivity index (χ0v) is 17.2. The Bertz CT molecular complexity index is 1120. The average molecular weight is 421 g/mol. The lowest BCUT2D eigenvalue weighted by Gasteiger charge is -2.19. The Hall–Kier alpha value is -3.45. The van der Waals surface area contributed by atoms with Gasteiger partial charge < -0.3 is 9.88 Å². The van der Waals surface area contributed by atoms with Gasteiger partial charge in [-0.25, -0.2) is 0 Å². The van der Waals surface area contributed by atoms with E-state index in [0.29, 0.717) is 29.5 Å². The van der Waals surface area contributed by atoms with Crippen LogP contribution in [0.1, 0.15) is 17.9 Å². The highest BCUT2D eigenvalue weighted by Gasteiger charge is 2.19. The quantitative estimate of drug-likeness (QED) is 0.487. The zero-order chi connectivity index (χ0) is 20.9. The molecule has 1 amide bonds. The first-order chi connectivity index (χ1) is 14.6. The van der Waals surface area contributed by atoms with Gasteiger partial charge in [0, 0.05) is 41.9 Å². The number of aryl methyl sites for hydroxylation is 1. The van der Waals surface area contributed by atoms with Crippen LogP contribution in [-0.4, -0.2) is 30.7 Å². The van der Waals surface area contributed by atoms with Gasteiger partial charge in [-0.2, -0.15) is 4.80 Å². The molecule has 0 aliphatic heterocycles. The van der Waals surface area contributed by atoms with Gasteiger partial charge in [-0.15, -0.1) is 10.2 Å². The number of anilines is 1. The van der Waals surface area contributed by atoms with Crippen molar-refractivity contribution in [3.8, 4) is 11.4 Å². The number of carbonyl (C=O) groups excluding carboxylic acids is 1. The van der Waals surface area contributed by atoms with Crippen molar-refractivity contribution in [3.05, 3.63) is 83.6 Å². The molecule has 1 atom stereocenters. The highest BCUT2D eigenvalue weighted by molar-refractivity contribution is 6.30. The molecule has 30 heavy (non-hydrogen) atoms. The molecule has 152 valence electrons. The summed E-state index contributed by atoms with van der Waals surface area (Å²) in [6, 6.07) is 19.1. The fourth-order valence-electron chi connectivity index (χ4n) is 3.37. The minimum absolute atomic E-state index is 0.00327. The van der Waals surface area contributed by atoms with E-state index < -0.39 is 0 Å². The monoisotopic (exact) mass is 420 g/mol. The number of hydrogen-bond acceptors (Lipinski definition) is 4. The number of rotatable bonds is 7. The highest BCUT2D eigenvalue weighted by Crippen LogP contribution is 2.27. The molecule has 8 heteroatoms. The van der Waals surface area contributed by atoms with E-state index in [4.69, 9.17) is 11.6 Å². The number of benzene rings is 2. The first-order valence-corrected chi connectivity index (χ1v) is 9.96. The Kier molecular flexibility index (Phi) is 5.90. The Morgan fingerprint density at radius 3 is 2.50 bits per heavy atom. The molecule has 2 aromatic carbocycles. The van der Waals surface area contributed by atoms with Crippen LogP contribution in [0.3, 0.4) is 0 Å². The molecule has 7 nitrogen and oxygen atoms in total. The molecule has 0 fully saturated rings. The van der Waals surface area contributed by atoms with Crippen LogP contribution in [0.15, 0.2) is 73.1 Å². The first-order valence-electron chi connectivity index (χ1n) is 9.58.